The summed E-state index contributed by atoms with van der Waals surface area (Å²) >= 11 is 0. The highest BCUT2D eigenvalue weighted by molar-refractivity contribution is 5.39. The van der Waals surface area contributed by atoms with Crippen LogP contribution in [0, 0.1) is 0 Å². The molecular weight excluding hydrogens is 292 g/mol. The fourth-order valence-electron chi connectivity index (χ4n) is 3.48. The lowest BCUT2D eigenvalue weighted by Gasteiger charge is -2.26. The first-order valence-corrected chi connectivity index (χ1v) is 7.91. The van der Waals surface area contributed by atoms with Crippen LogP contribution in [0.5, 0.6) is 0 Å². The number of anilines is 2. The molecule has 0 N–H and O–H groups in total. The van der Waals surface area contributed by atoms with Gasteiger partial charge in [-0.25, -0.2) is 15.0 Å². The van der Waals surface area contributed by atoms with E-state index in [1.165, 1.54) is 0 Å². The lowest BCUT2D eigenvalue weighted by atomic mass is 9.97. The molecule has 0 unspecified atom stereocenters. The van der Waals surface area contributed by atoms with Crippen molar-refractivity contribution in [3.63, 3.8) is 0 Å². The molecule has 23 heavy (non-hydrogen) atoms. The maximum atomic E-state index is 6.22. The summed E-state index contributed by atoms with van der Waals surface area (Å²) in [7, 11) is 2.04. The first kappa shape index (κ1) is 14.3. The van der Waals surface area contributed by atoms with Gasteiger partial charge in [0.25, 0.3) is 0 Å². The van der Waals surface area contributed by atoms with Crippen molar-refractivity contribution in [2.24, 2.45) is 0 Å². The number of hydrogen-bond acceptors (Lipinski definition) is 7. The molecule has 0 amide bonds. The molecule has 4 rings (SSSR count). The fourth-order valence-corrected chi connectivity index (χ4v) is 3.48. The first-order valence-electron chi connectivity index (χ1n) is 7.91. The number of likely N-dealkylation sites (N-methyl/N-ethyl adjacent to an activating group) is 1. The summed E-state index contributed by atoms with van der Waals surface area (Å²) in [6.45, 7) is 2.53. The quantitative estimate of drug-likeness (QED) is 0.842. The number of ether oxygens (including phenoxy) is 1. The van der Waals surface area contributed by atoms with Gasteiger partial charge < -0.3 is 14.5 Å². The van der Waals surface area contributed by atoms with E-state index < -0.39 is 0 Å². The Bertz CT molecular complexity index is 654. The standard InChI is InChI=1S/C16H20N6O/c1-21(15-19-4-2-5-20-15)13-9-16(23-11-13)3-8-22(12-16)14-10-17-6-7-18-14/h2,4-7,10,13H,3,8-9,11-12H2,1H3/t13-,16+/m1/s1. The molecule has 7 heteroatoms. The predicted molar refractivity (Wildman–Crippen MR) is 86.4 cm³/mol. The molecule has 2 fully saturated rings. The maximum absolute atomic E-state index is 6.22. The van der Waals surface area contributed by atoms with Crippen molar-refractivity contribution in [2.45, 2.75) is 24.5 Å². The van der Waals surface area contributed by atoms with E-state index in [-0.39, 0.29) is 5.60 Å². The second-order valence-electron chi connectivity index (χ2n) is 6.25. The van der Waals surface area contributed by atoms with Crippen LogP contribution in [0.25, 0.3) is 0 Å². The van der Waals surface area contributed by atoms with E-state index in [9.17, 15) is 0 Å². The van der Waals surface area contributed by atoms with Crippen molar-refractivity contribution in [1.82, 2.24) is 19.9 Å². The summed E-state index contributed by atoms with van der Waals surface area (Å²) in [6.07, 6.45) is 10.8. The molecular formula is C16H20N6O. The summed E-state index contributed by atoms with van der Waals surface area (Å²) < 4.78 is 6.22. The normalized spacial score (nSPS) is 26.8. The topological polar surface area (TPSA) is 67.3 Å². The van der Waals surface area contributed by atoms with Gasteiger partial charge in [0.1, 0.15) is 5.82 Å². The number of hydrogen-bond donors (Lipinski definition) is 0. The predicted octanol–water partition coefficient (Wildman–Crippen LogP) is 1.14. The third-order valence-corrected chi connectivity index (χ3v) is 4.79. The van der Waals surface area contributed by atoms with E-state index in [0.717, 1.165) is 37.7 Å². The van der Waals surface area contributed by atoms with Crippen molar-refractivity contribution < 1.29 is 4.74 Å². The van der Waals surface area contributed by atoms with Gasteiger partial charge in [-0.15, -0.1) is 0 Å². The summed E-state index contributed by atoms with van der Waals surface area (Å²) in [5.41, 5.74) is -0.0920. The zero-order chi connectivity index (χ0) is 15.7. The summed E-state index contributed by atoms with van der Waals surface area (Å²) in [5.74, 6) is 1.68. The van der Waals surface area contributed by atoms with Gasteiger partial charge in [-0.1, -0.05) is 0 Å². The zero-order valence-corrected chi connectivity index (χ0v) is 13.2. The van der Waals surface area contributed by atoms with Gasteiger partial charge >= 0.3 is 0 Å². The SMILES string of the molecule is CN(c1ncccn1)[C@H]1CO[C@@]2(CCN(c3cnccn3)C2)C1. The summed E-state index contributed by atoms with van der Waals surface area (Å²) in [6, 6.07) is 2.14. The van der Waals surface area contributed by atoms with Crippen molar-refractivity contribution in [3.8, 4) is 0 Å². The highest BCUT2D eigenvalue weighted by Gasteiger charge is 2.47. The highest BCUT2D eigenvalue weighted by Crippen LogP contribution is 2.38. The van der Waals surface area contributed by atoms with Crippen LogP contribution in [0.3, 0.4) is 0 Å². The number of nitrogens with zero attached hydrogens (tertiary/aromatic N) is 6. The molecule has 0 radical (unpaired) electrons. The average Bonchev–Trinajstić information content (AvgIpc) is 3.23. The molecule has 2 saturated heterocycles. The molecule has 0 aliphatic carbocycles. The second-order valence-corrected chi connectivity index (χ2v) is 6.25. The molecule has 2 atom stereocenters. The fraction of sp³-hybridized carbons (Fsp3) is 0.500. The molecule has 0 saturated carbocycles. The maximum Gasteiger partial charge on any atom is 0.225 e. The molecule has 2 aliphatic rings. The average molecular weight is 312 g/mol. The van der Waals surface area contributed by atoms with E-state index in [1.807, 2.05) is 19.3 Å². The number of aromatic nitrogens is 4. The van der Waals surface area contributed by atoms with Crippen LogP contribution in [-0.4, -0.2) is 58.3 Å². The first-order chi connectivity index (χ1) is 11.3. The third kappa shape index (κ3) is 2.72. The molecule has 2 aliphatic heterocycles. The molecule has 120 valence electrons. The lowest BCUT2D eigenvalue weighted by Crippen LogP contribution is -2.37. The minimum atomic E-state index is -0.0920. The molecule has 2 aromatic rings. The van der Waals surface area contributed by atoms with E-state index >= 15 is 0 Å². The van der Waals surface area contributed by atoms with Crippen molar-refractivity contribution in [3.05, 3.63) is 37.1 Å². The third-order valence-electron chi connectivity index (χ3n) is 4.79. The van der Waals surface area contributed by atoms with Crippen molar-refractivity contribution in [2.75, 3.05) is 36.5 Å². The summed E-state index contributed by atoms with van der Waals surface area (Å²) in [5, 5.41) is 0. The largest absolute Gasteiger partial charge is 0.371 e. The van der Waals surface area contributed by atoms with E-state index in [1.54, 1.807) is 24.8 Å². The Labute approximate surface area is 135 Å². The van der Waals surface area contributed by atoms with Crippen molar-refractivity contribution in [1.29, 1.82) is 0 Å². The van der Waals surface area contributed by atoms with E-state index in [2.05, 4.69) is 29.7 Å². The Balaban J connectivity index is 1.44. The van der Waals surface area contributed by atoms with Gasteiger partial charge in [0.05, 0.1) is 24.4 Å². The van der Waals surface area contributed by atoms with Gasteiger partial charge in [-0.05, 0) is 12.5 Å². The monoisotopic (exact) mass is 312 g/mol. The van der Waals surface area contributed by atoms with Crippen LogP contribution in [0.4, 0.5) is 11.8 Å². The molecule has 7 nitrogen and oxygen atoms in total. The Morgan fingerprint density at radius 1 is 1.22 bits per heavy atom. The minimum absolute atomic E-state index is 0.0920. The smallest absolute Gasteiger partial charge is 0.225 e. The second kappa shape index (κ2) is 5.73. The molecule has 0 bridgehead atoms. The van der Waals surface area contributed by atoms with Gasteiger partial charge in [0, 0.05) is 51.3 Å². The molecule has 0 aromatic carbocycles. The van der Waals surface area contributed by atoms with Crippen LogP contribution < -0.4 is 9.80 Å². The highest BCUT2D eigenvalue weighted by atomic mass is 16.5. The molecule has 2 aromatic heterocycles. The Hall–Kier alpha value is -2.28. The Morgan fingerprint density at radius 2 is 2.09 bits per heavy atom. The van der Waals surface area contributed by atoms with Crippen LogP contribution in [0.2, 0.25) is 0 Å². The number of rotatable bonds is 3. The lowest BCUT2D eigenvalue weighted by molar-refractivity contribution is 0.0226. The zero-order valence-electron chi connectivity index (χ0n) is 13.2. The van der Waals surface area contributed by atoms with Crippen LogP contribution in [0.1, 0.15) is 12.8 Å². The molecule has 1 spiro atoms. The van der Waals surface area contributed by atoms with Crippen LogP contribution >= 0.6 is 0 Å². The van der Waals surface area contributed by atoms with E-state index in [4.69, 9.17) is 4.74 Å². The van der Waals surface area contributed by atoms with Gasteiger partial charge in [-0.3, -0.25) is 4.98 Å². The van der Waals surface area contributed by atoms with Gasteiger partial charge in [0.15, 0.2) is 0 Å². The molecule has 4 heterocycles. The van der Waals surface area contributed by atoms with Gasteiger partial charge in [-0.2, -0.15) is 0 Å². The minimum Gasteiger partial charge on any atom is -0.371 e. The Kier molecular flexibility index (Phi) is 3.57. The van der Waals surface area contributed by atoms with E-state index in [0.29, 0.717) is 12.6 Å². The Morgan fingerprint density at radius 3 is 2.87 bits per heavy atom. The van der Waals surface area contributed by atoms with Crippen LogP contribution in [0.15, 0.2) is 37.1 Å². The van der Waals surface area contributed by atoms with Crippen molar-refractivity contribution >= 4 is 11.8 Å². The van der Waals surface area contributed by atoms with Crippen LogP contribution in [-0.2, 0) is 4.74 Å². The summed E-state index contributed by atoms with van der Waals surface area (Å²) in [4.78, 5) is 21.6. The van der Waals surface area contributed by atoms with Gasteiger partial charge in [0.2, 0.25) is 5.95 Å².